The third-order valence-electron chi connectivity index (χ3n) is 5.64. The minimum absolute atomic E-state index is 0.468. The second-order valence-corrected chi connectivity index (χ2v) is 8.57. The molecule has 4 heteroatoms. The maximum absolute atomic E-state index is 10.5. The van der Waals surface area contributed by atoms with Gasteiger partial charge < -0.3 is 9.84 Å². The van der Waals surface area contributed by atoms with Crippen LogP contribution in [0.25, 0.3) is 6.08 Å². The van der Waals surface area contributed by atoms with Crippen molar-refractivity contribution in [3.8, 4) is 0 Å². The van der Waals surface area contributed by atoms with Gasteiger partial charge in [-0.15, -0.1) is 0 Å². The Labute approximate surface area is 166 Å². The molecule has 146 valence electrons. The van der Waals surface area contributed by atoms with E-state index >= 15 is 0 Å². The Hall–Kier alpha value is -1.52. The summed E-state index contributed by atoms with van der Waals surface area (Å²) in [5.41, 5.74) is 1.26. The van der Waals surface area contributed by atoms with Gasteiger partial charge in [0.25, 0.3) is 0 Å². The van der Waals surface area contributed by atoms with Gasteiger partial charge in [-0.1, -0.05) is 55.0 Å². The Balaban J connectivity index is 1.37. The number of ether oxygens (including phenoxy) is 1. The molecule has 0 spiro atoms. The maximum atomic E-state index is 10.5. The van der Waals surface area contributed by atoms with Crippen molar-refractivity contribution < 1.29 is 14.6 Å². The van der Waals surface area contributed by atoms with Gasteiger partial charge in [0.1, 0.15) is 0 Å². The highest BCUT2D eigenvalue weighted by Crippen LogP contribution is 2.46. The van der Waals surface area contributed by atoms with Crippen LogP contribution in [0.2, 0.25) is 0 Å². The van der Waals surface area contributed by atoms with E-state index in [1.807, 2.05) is 17.8 Å². The van der Waals surface area contributed by atoms with Gasteiger partial charge in [-0.25, -0.2) is 4.79 Å². The third-order valence-corrected chi connectivity index (χ3v) is 6.69. The standard InChI is InChI=1S/C23H30O3S/c24-23(25)13-7-2-1-6-12-19-20(22-15-14-21(19)26-22)17-27-16-8-11-18-9-4-3-5-10-18/h3-5,7-11,13,19-22H,1-2,6,12,14-17H2,(H,24,25)/b11-8?,13-7+/t19-,20+,21-,22+/m0/s1. The van der Waals surface area contributed by atoms with Crippen LogP contribution < -0.4 is 0 Å². The molecule has 2 aliphatic heterocycles. The zero-order chi connectivity index (χ0) is 18.9. The van der Waals surface area contributed by atoms with Crippen LogP contribution in [0.1, 0.15) is 44.1 Å². The van der Waals surface area contributed by atoms with Crippen molar-refractivity contribution in [1.29, 1.82) is 0 Å². The number of benzene rings is 1. The minimum Gasteiger partial charge on any atom is -0.478 e. The van der Waals surface area contributed by atoms with Gasteiger partial charge >= 0.3 is 5.97 Å². The number of carbonyl (C=O) groups is 1. The van der Waals surface area contributed by atoms with E-state index in [0.29, 0.717) is 24.0 Å². The molecule has 1 N–H and O–H groups in total. The molecule has 2 saturated heterocycles. The number of unbranched alkanes of at least 4 members (excludes halogenated alkanes) is 2. The van der Waals surface area contributed by atoms with E-state index < -0.39 is 5.97 Å². The average Bonchev–Trinajstić information content (AvgIpc) is 3.27. The van der Waals surface area contributed by atoms with E-state index in [-0.39, 0.29) is 0 Å². The summed E-state index contributed by atoms with van der Waals surface area (Å²) in [6.45, 7) is 0. The molecule has 0 aliphatic carbocycles. The van der Waals surface area contributed by atoms with Gasteiger partial charge in [-0.3, -0.25) is 0 Å². The topological polar surface area (TPSA) is 46.5 Å². The molecule has 2 heterocycles. The number of rotatable bonds is 11. The molecule has 0 saturated carbocycles. The second kappa shape index (κ2) is 10.7. The van der Waals surface area contributed by atoms with Crippen molar-refractivity contribution in [2.75, 3.05) is 11.5 Å². The number of thioether (sulfide) groups is 1. The molecule has 0 aromatic heterocycles. The lowest BCUT2D eigenvalue weighted by Gasteiger charge is -2.27. The molecular formula is C23H30O3S. The van der Waals surface area contributed by atoms with Gasteiger partial charge in [0.2, 0.25) is 0 Å². The van der Waals surface area contributed by atoms with E-state index in [1.54, 1.807) is 6.08 Å². The van der Waals surface area contributed by atoms with E-state index in [4.69, 9.17) is 9.84 Å². The van der Waals surface area contributed by atoms with Gasteiger partial charge in [-0.05, 0) is 55.3 Å². The average molecular weight is 387 g/mol. The van der Waals surface area contributed by atoms with Gasteiger partial charge in [0.15, 0.2) is 0 Å². The van der Waals surface area contributed by atoms with E-state index in [9.17, 15) is 4.79 Å². The van der Waals surface area contributed by atoms with Crippen LogP contribution in [-0.2, 0) is 9.53 Å². The van der Waals surface area contributed by atoms with Crippen LogP contribution in [-0.4, -0.2) is 34.8 Å². The molecule has 3 rings (SSSR count). The lowest BCUT2D eigenvalue weighted by atomic mass is 9.77. The molecule has 1 aromatic carbocycles. The number of carboxylic acid groups (broad SMARTS) is 1. The number of hydrogen-bond acceptors (Lipinski definition) is 3. The molecule has 0 radical (unpaired) electrons. The molecule has 0 amide bonds. The highest BCUT2D eigenvalue weighted by molar-refractivity contribution is 7.99. The van der Waals surface area contributed by atoms with Crippen molar-refractivity contribution in [2.45, 2.75) is 50.7 Å². The molecule has 0 unspecified atom stereocenters. The quantitative estimate of drug-likeness (QED) is 0.407. The minimum atomic E-state index is -0.852. The first-order valence-corrected chi connectivity index (χ1v) is 11.2. The fourth-order valence-electron chi connectivity index (χ4n) is 4.35. The Bertz CT molecular complexity index is 640. The van der Waals surface area contributed by atoms with Crippen molar-refractivity contribution in [3.05, 3.63) is 54.1 Å². The highest BCUT2D eigenvalue weighted by atomic mass is 32.2. The molecule has 2 bridgehead atoms. The monoisotopic (exact) mass is 386 g/mol. The van der Waals surface area contributed by atoms with Gasteiger partial charge in [0, 0.05) is 11.8 Å². The summed E-state index contributed by atoms with van der Waals surface area (Å²) in [7, 11) is 0. The number of fused-ring (bicyclic) bond motifs is 2. The van der Waals surface area contributed by atoms with Gasteiger partial charge in [-0.2, -0.15) is 11.8 Å². The molecule has 2 fully saturated rings. The van der Waals surface area contributed by atoms with E-state index in [1.165, 1.54) is 36.7 Å². The van der Waals surface area contributed by atoms with E-state index in [2.05, 4.69) is 36.4 Å². The molecule has 2 aliphatic rings. The van der Waals surface area contributed by atoms with Crippen LogP contribution in [0.15, 0.2) is 48.6 Å². The molecular weight excluding hydrogens is 356 g/mol. The molecule has 27 heavy (non-hydrogen) atoms. The zero-order valence-corrected chi connectivity index (χ0v) is 16.7. The smallest absolute Gasteiger partial charge is 0.327 e. The summed E-state index contributed by atoms with van der Waals surface area (Å²) in [6.07, 6.45) is 15.2. The van der Waals surface area contributed by atoms with Crippen molar-refractivity contribution >= 4 is 23.8 Å². The van der Waals surface area contributed by atoms with Crippen LogP contribution in [0.4, 0.5) is 0 Å². The Kier molecular flexibility index (Phi) is 8.03. The fraction of sp³-hybridized carbons (Fsp3) is 0.522. The largest absolute Gasteiger partial charge is 0.478 e. The van der Waals surface area contributed by atoms with Crippen LogP contribution in [0.5, 0.6) is 0 Å². The first kappa shape index (κ1) is 20.2. The van der Waals surface area contributed by atoms with Crippen LogP contribution in [0.3, 0.4) is 0 Å². The summed E-state index contributed by atoms with van der Waals surface area (Å²) in [5.74, 6) is 2.76. The lowest BCUT2D eigenvalue weighted by molar-refractivity contribution is -0.131. The predicted molar refractivity (Wildman–Crippen MR) is 113 cm³/mol. The number of allylic oxidation sites excluding steroid dienone is 1. The summed E-state index contributed by atoms with van der Waals surface area (Å²) < 4.78 is 6.21. The molecule has 3 nitrogen and oxygen atoms in total. The zero-order valence-electron chi connectivity index (χ0n) is 15.8. The van der Waals surface area contributed by atoms with E-state index in [0.717, 1.165) is 25.0 Å². The number of aliphatic carboxylic acids is 1. The summed E-state index contributed by atoms with van der Waals surface area (Å²) in [4.78, 5) is 10.5. The Morgan fingerprint density at radius 2 is 1.89 bits per heavy atom. The summed E-state index contributed by atoms with van der Waals surface area (Å²) >= 11 is 2.02. The summed E-state index contributed by atoms with van der Waals surface area (Å²) in [6, 6.07) is 10.5. The normalized spacial score (nSPS) is 27.1. The first-order valence-electron chi connectivity index (χ1n) is 10.1. The van der Waals surface area contributed by atoms with Crippen molar-refractivity contribution in [1.82, 2.24) is 0 Å². The molecule has 1 aromatic rings. The van der Waals surface area contributed by atoms with Crippen LogP contribution in [0, 0.1) is 11.8 Å². The second-order valence-electron chi connectivity index (χ2n) is 7.49. The highest BCUT2D eigenvalue weighted by Gasteiger charge is 2.47. The Morgan fingerprint density at radius 3 is 2.67 bits per heavy atom. The third kappa shape index (κ3) is 6.25. The SMILES string of the molecule is O=C(O)/C=C/CCCC[C@H]1[C@@H](CSCC=Cc2ccccc2)[C@H]2CC[C@@H]1O2. The lowest BCUT2D eigenvalue weighted by Crippen LogP contribution is -2.29. The van der Waals surface area contributed by atoms with Crippen LogP contribution >= 0.6 is 11.8 Å². The first-order chi connectivity index (χ1) is 13.2. The Morgan fingerprint density at radius 1 is 1.11 bits per heavy atom. The molecule has 4 atom stereocenters. The number of carboxylic acids is 1. The summed E-state index contributed by atoms with van der Waals surface area (Å²) in [5, 5.41) is 8.62. The maximum Gasteiger partial charge on any atom is 0.327 e. The number of hydrogen-bond donors (Lipinski definition) is 1. The van der Waals surface area contributed by atoms with Gasteiger partial charge in [0.05, 0.1) is 12.2 Å². The fourth-order valence-corrected chi connectivity index (χ4v) is 5.45. The predicted octanol–water partition coefficient (Wildman–Crippen LogP) is 5.43. The van der Waals surface area contributed by atoms with Crippen molar-refractivity contribution in [3.63, 3.8) is 0 Å². The van der Waals surface area contributed by atoms with Crippen molar-refractivity contribution in [2.24, 2.45) is 11.8 Å².